The van der Waals surface area contributed by atoms with Gasteiger partial charge in [0.1, 0.15) is 0 Å². The molecule has 152 valence electrons. The highest BCUT2D eigenvalue weighted by Gasteiger charge is 2.24. The van der Waals surface area contributed by atoms with E-state index in [1.165, 1.54) is 89.9 Å². The monoisotopic (exact) mass is 378 g/mol. The topological polar surface area (TPSA) is 77.8 Å². The van der Waals surface area contributed by atoms with Crippen molar-refractivity contribution >= 4 is 7.60 Å². The second kappa shape index (κ2) is 17.5. The Hall–Kier alpha value is 0.110. The minimum absolute atomic E-state index is 0.211. The number of rotatable bonds is 19. The summed E-state index contributed by atoms with van der Waals surface area (Å²) in [5.74, 6) is -1.47. The molecular formula is C20H43O4P. The molecule has 5 heteroatoms. The molecule has 4 nitrogen and oxygen atoms in total. The van der Waals surface area contributed by atoms with Crippen LogP contribution in [0.4, 0.5) is 0 Å². The average molecular weight is 379 g/mol. The predicted molar refractivity (Wildman–Crippen MR) is 107 cm³/mol. The van der Waals surface area contributed by atoms with Gasteiger partial charge in [0.25, 0.3) is 0 Å². The van der Waals surface area contributed by atoms with Gasteiger partial charge in [-0.25, -0.2) is 0 Å². The fourth-order valence-corrected chi connectivity index (χ4v) is 3.74. The normalized spacial score (nSPS) is 13.3. The van der Waals surface area contributed by atoms with Gasteiger partial charge in [0, 0.05) is 0 Å². The summed E-state index contributed by atoms with van der Waals surface area (Å²) >= 11 is 0. The molecule has 0 saturated heterocycles. The number of hydrogen-bond donors (Lipinski definition) is 3. The van der Waals surface area contributed by atoms with Gasteiger partial charge in [-0.05, 0) is 6.42 Å². The van der Waals surface area contributed by atoms with E-state index in [1.54, 1.807) is 0 Å². The van der Waals surface area contributed by atoms with E-state index in [4.69, 9.17) is 9.79 Å². The molecule has 0 radical (unpaired) electrons. The smallest absolute Gasteiger partial charge is 0.353 e. The van der Waals surface area contributed by atoms with Crippen LogP contribution in [0.2, 0.25) is 0 Å². The van der Waals surface area contributed by atoms with Crippen LogP contribution in [0.15, 0.2) is 0 Å². The first-order valence-electron chi connectivity index (χ1n) is 10.7. The Morgan fingerprint density at radius 1 is 0.600 bits per heavy atom. The summed E-state index contributed by atoms with van der Waals surface area (Å²) in [5.41, 5.74) is 0. The van der Waals surface area contributed by atoms with Gasteiger partial charge in [0.05, 0.1) is 0 Å². The van der Waals surface area contributed by atoms with Crippen molar-refractivity contribution < 1.29 is 19.5 Å². The Kier molecular flexibility index (Phi) is 17.6. The molecule has 1 atom stereocenters. The van der Waals surface area contributed by atoms with Crippen LogP contribution < -0.4 is 0 Å². The third-order valence-corrected chi connectivity index (χ3v) is 5.99. The molecule has 0 aliphatic heterocycles. The number of hydrogen-bond acceptors (Lipinski definition) is 2. The van der Waals surface area contributed by atoms with Gasteiger partial charge in [-0.1, -0.05) is 116 Å². The van der Waals surface area contributed by atoms with E-state index in [0.717, 1.165) is 12.8 Å². The highest BCUT2D eigenvalue weighted by Crippen LogP contribution is 2.41. The second-order valence-corrected chi connectivity index (χ2v) is 9.29. The van der Waals surface area contributed by atoms with Crippen molar-refractivity contribution in [2.75, 3.05) is 0 Å². The lowest BCUT2D eigenvalue weighted by Gasteiger charge is -2.11. The van der Waals surface area contributed by atoms with Crippen LogP contribution in [0.25, 0.3) is 0 Å². The van der Waals surface area contributed by atoms with Crippen LogP contribution >= 0.6 is 7.60 Å². The van der Waals surface area contributed by atoms with Gasteiger partial charge < -0.3 is 14.9 Å². The van der Waals surface area contributed by atoms with Crippen LogP contribution in [0.5, 0.6) is 0 Å². The van der Waals surface area contributed by atoms with E-state index >= 15 is 0 Å². The van der Waals surface area contributed by atoms with E-state index in [2.05, 4.69) is 6.92 Å². The van der Waals surface area contributed by atoms with E-state index in [0.29, 0.717) is 6.42 Å². The minimum Gasteiger partial charge on any atom is -0.380 e. The lowest BCUT2D eigenvalue weighted by molar-refractivity contribution is 0.190. The zero-order valence-corrected chi connectivity index (χ0v) is 17.4. The molecule has 0 fully saturated rings. The summed E-state index contributed by atoms with van der Waals surface area (Å²) in [6.07, 6.45) is 22.0. The summed E-state index contributed by atoms with van der Waals surface area (Å²) < 4.78 is 10.8. The van der Waals surface area contributed by atoms with Crippen LogP contribution in [-0.2, 0) is 4.57 Å². The molecule has 0 saturated carbocycles. The maximum absolute atomic E-state index is 10.8. The number of aliphatic hydroxyl groups is 1. The Morgan fingerprint density at radius 3 is 1.16 bits per heavy atom. The quantitative estimate of drug-likeness (QED) is 0.176. The van der Waals surface area contributed by atoms with Crippen LogP contribution in [0.1, 0.15) is 122 Å². The van der Waals surface area contributed by atoms with Crippen LogP contribution in [-0.4, -0.2) is 20.7 Å². The first-order valence-corrected chi connectivity index (χ1v) is 12.4. The Bertz CT molecular complexity index is 317. The Balaban J connectivity index is 3.11. The van der Waals surface area contributed by atoms with E-state index in [9.17, 15) is 9.67 Å². The summed E-state index contributed by atoms with van der Waals surface area (Å²) in [7, 11) is -4.29. The van der Waals surface area contributed by atoms with Crippen molar-refractivity contribution in [3.63, 3.8) is 0 Å². The largest absolute Gasteiger partial charge is 0.380 e. The molecule has 0 bridgehead atoms. The number of unbranched alkanes of at least 4 members (excludes halogenated alkanes) is 16. The fraction of sp³-hybridized carbons (Fsp3) is 1.00. The van der Waals surface area contributed by atoms with Gasteiger partial charge in [0.15, 0.2) is 5.85 Å². The molecule has 0 aliphatic rings. The molecule has 0 spiro atoms. The molecule has 0 aromatic rings. The standard InChI is InChI=1S/C20H43O4P/c1-2-3-4-5-6-7-8-9-10-11-12-13-14-15-16-17-18-19-20(21)25(22,23)24/h20-21H,2-19H2,1H3,(H2,22,23,24). The molecule has 0 aromatic carbocycles. The van der Waals surface area contributed by atoms with Crippen molar-refractivity contribution in [1.29, 1.82) is 0 Å². The summed E-state index contributed by atoms with van der Waals surface area (Å²) in [4.78, 5) is 17.6. The van der Waals surface area contributed by atoms with E-state index in [1.807, 2.05) is 0 Å². The first-order chi connectivity index (χ1) is 12.0. The highest BCUT2D eigenvalue weighted by molar-refractivity contribution is 7.52. The lowest BCUT2D eigenvalue weighted by Crippen LogP contribution is -2.06. The second-order valence-electron chi connectivity index (χ2n) is 7.52. The Morgan fingerprint density at radius 2 is 0.880 bits per heavy atom. The minimum atomic E-state index is -4.29. The summed E-state index contributed by atoms with van der Waals surface area (Å²) in [6.45, 7) is 2.27. The highest BCUT2D eigenvalue weighted by atomic mass is 31.2. The van der Waals surface area contributed by atoms with Crippen molar-refractivity contribution in [1.82, 2.24) is 0 Å². The third kappa shape index (κ3) is 18.7. The zero-order valence-electron chi connectivity index (χ0n) is 16.5. The van der Waals surface area contributed by atoms with E-state index in [-0.39, 0.29) is 6.42 Å². The van der Waals surface area contributed by atoms with Crippen molar-refractivity contribution in [3.05, 3.63) is 0 Å². The van der Waals surface area contributed by atoms with Gasteiger partial charge in [-0.2, -0.15) is 0 Å². The zero-order chi connectivity index (χ0) is 18.8. The Labute approximate surface area is 156 Å². The molecular weight excluding hydrogens is 335 g/mol. The molecule has 0 heterocycles. The maximum Gasteiger partial charge on any atom is 0.353 e. The molecule has 25 heavy (non-hydrogen) atoms. The molecule has 3 N–H and O–H groups in total. The average Bonchev–Trinajstić information content (AvgIpc) is 2.56. The molecule has 1 unspecified atom stereocenters. The molecule has 0 aromatic heterocycles. The lowest BCUT2D eigenvalue weighted by atomic mass is 10.0. The van der Waals surface area contributed by atoms with Crippen molar-refractivity contribution in [2.45, 2.75) is 128 Å². The third-order valence-electron chi connectivity index (χ3n) is 4.95. The first kappa shape index (κ1) is 25.1. The maximum atomic E-state index is 10.8. The predicted octanol–water partition coefficient (Wildman–Crippen LogP) is 6.52. The van der Waals surface area contributed by atoms with Crippen LogP contribution in [0.3, 0.4) is 0 Å². The molecule has 0 amide bonds. The van der Waals surface area contributed by atoms with Gasteiger partial charge in [0.2, 0.25) is 0 Å². The van der Waals surface area contributed by atoms with Crippen molar-refractivity contribution in [3.8, 4) is 0 Å². The summed E-state index contributed by atoms with van der Waals surface area (Å²) in [5, 5.41) is 9.25. The number of aliphatic hydroxyl groups excluding tert-OH is 1. The van der Waals surface area contributed by atoms with Gasteiger partial charge >= 0.3 is 7.60 Å². The van der Waals surface area contributed by atoms with Crippen molar-refractivity contribution in [2.24, 2.45) is 0 Å². The molecule has 0 aliphatic carbocycles. The van der Waals surface area contributed by atoms with Gasteiger partial charge in [-0.3, -0.25) is 4.57 Å². The fourth-order valence-electron chi connectivity index (χ4n) is 3.22. The van der Waals surface area contributed by atoms with Crippen LogP contribution in [0, 0.1) is 0 Å². The van der Waals surface area contributed by atoms with E-state index < -0.39 is 13.4 Å². The molecule has 0 rings (SSSR count). The SMILES string of the molecule is CCCCCCCCCCCCCCCCCCCC(O)P(=O)(O)O. The summed E-state index contributed by atoms with van der Waals surface area (Å²) in [6, 6.07) is 0. The van der Waals surface area contributed by atoms with Gasteiger partial charge in [-0.15, -0.1) is 0 Å².